The third-order valence-corrected chi connectivity index (χ3v) is 5.74. The molecular weight excluding hydrogens is 335 g/mol. The van der Waals surface area contributed by atoms with E-state index >= 15 is 0 Å². The van der Waals surface area contributed by atoms with Crippen LogP contribution in [0.2, 0.25) is 0 Å². The molecule has 0 heterocycles. The van der Waals surface area contributed by atoms with E-state index in [2.05, 4.69) is 6.92 Å². The van der Waals surface area contributed by atoms with Crippen molar-refractivity contribution >= 4 is 7.60 Å². The standard InChI is InChI=1S/C20H43O4P/c1-2-3-4-5-6-7-8-9-10-11-12-13-14-15-16-17-18-20(21)19-25(22,23)24/h20-21H,2-19H2,1H3,(H2,22,23,24). The first-order valence-corrected chi connectivity index (χ1v) is 12.5. The summed E-state index contributed by atoms with van der Waals surface area (Å²) in [6.45, 7) is 2.26. The Kier molecular flexibility index (Phi) is 17.6. The van der Waals surface area contributed by atoms with Crippen LogP contribution in [0.5, 0.6) is 0 Å². The largest absolute Gasteiger partial charge is 0.392 e. The predicted molar refractivity (Wildman–Crippen MR) is 107 cm³/mol. The van der Waals surface area contributed by atoms with Crippen LogP contribution in [0.1, 0.15) is 116 Å². The zero-order valence-corrected chi connectivity index (χ0v) is 17.4. The number of aliphatic hydroxyl groups excluding tert-OH is 1. The summed E-state index contributed by atoms with van der Waals surface area (Å²) < 4.78 is 10.7. The molecule has 0 amide bonds. The molecule has 0 rings (SSSR count). The van der Waals surface area contributed by atoms with Gasteiger partial charge in [0.15, 0.2) is 0 Å². The third kappa shape index (κ3) is 22.1. The fourth-order valence-corrected chi connectivity index (χ4v) is 4.03. The van der Waals surface area contributed by atoms with Gasteiger partial charge in [-0.15, -0.1) is 0 Å². The lowest BCUT2D eigenvalue weighted by Crippen LogP contribution is -2.12. The lowest BCUT2D eigenvalue weighted by Gasteiger charge is -2.11. The summed E-state index contributed by atoms with van der Waals surface area (Å²) in [4.78, 5) is 17.5. The summed E-state index contributed by atoms with van der Waals surface area (Å²) in [6, 6.07) is 0. The Labute approximate surface area is 156 Å². The van der Waals surface area contributed by atoms with Gasteiger partial charge >= 0.3 is 7.60 Å². The van der Waals surface area contributed by atoms with E-state index in [9.17, 15) is 9.67 Å². The number of hydrogen-bond donors (Lipinski definition) is 3. The summed E-state index contributed by atoms with van der Waals surface area (Å²) in [6.07, 6.45) is 20.1. The van der Waals surface area contributed by atoms with Gasteiger partial charge in [-0.3, -0.25) is 4.57 Å². The minimum Gasteiger partial charge on any atom is -0.392 e. The Balaban J connectivity index is 3.13. The fourth-order valence-electron chi connectivity index (χ4n) is 3.29. The van der Waals surface area contributed by atoms with E-state index in [1.54, 1.807) is 0 Å². The minimum absolute atomic E-state index is 0.397. The number of rotatable bonds is 19. The molecule has 0 aliphatic carbocycles. The van der Waals surface area contributed by atoms with Crippen LogP contribution in [0, 0.1) is 0 Å². The van der Waals surface area contributed by atoms with Crippen molar-refractivity contribution in [2.24, 2.45) is 0 Å². The number of unbranched alkanes of at least 4 members (excludes halogenated alkanes) is 15. The lowest BCUT2D eigenvalue weighted by molar-refractivity contribution is 0.175. The molecule has 0 radical (unpaired) electrons. The van der Waals surface area contributed by atoms with Gasteiger partial charge in [0, 0.05) is 0 Å². The van der Waals surface area contributed by atoms with E-state index in [0.717, 1.165) is 12.8 Å². The van der Waals surface area contributed by atoms with Crippen LogP contribution in [0.15, 0.2) is 0 Å². The van der Waals surface area contributed by atoms with Gasteiger partial charge in [-0.25, -0.2) is 0 Å². The van der Waals surface area contributed by atoms with Crippen LogP contribution in [-0.4, -0.2) is 27.2 Å². The maximum Gasteiger partial charge on any atom is 0.328 e. The average Bonchev–Trinajstić information content (AvgIpc) is 2.53. The quantitative estimate of drug-likeness (QED) is 0.185. The summed E-state index contributed by atoms with van der Waals surface area (Å²) in [5.41, 5.74) is 0. The Hall–Kier alpha value is 0.110. The minimum atomic E-state index is -4.06. The van der Waals surface area contributed by atoms with Gasteiger partial charge in [-0.1, -0.05) is 110 Å². The molecule has 0 saturated heterocycles. The van der Waals surface area contributed by atoms with Gasteiger partial charge in [-0.05, 0) is 6.42 Å². The molecule has 152 valence electrons. The molecule has 0 saturated carbocycles. The van der Waals surface area contributed by atoms with E-state index < -0.39 is 19.9 Å². The summed E-state index contributed by atoms with van der Waals surface area (Å²) in [5.74, 6) is 0. The molecule has 0 aliphatic rings. The van der Waals surface area contributed by atoms with Crippen molar-refractivity contribution in [2.75, 3.05) is 6.16 Å². The second-order valence-corrected chi connectivity index (χ2v) is 9.29. The van der Waals surface area contributed by atoms with Crippen LogP contribution >= 0.6 is 7.60 Å². The van der Waals surface area contributed by atoms with Crippen LogP contribution in [0.4, 0.5) is 0 Å². The number of aliphatic hydroxyl groups is 1. The molecule has 25 heavy (non-hydrogen) atoms. The van der Waals surface area contributed by atoms with Crippen molar-refractivity contribution in [3.63, 3.8) is 0 Å². The molecule has 0 aliphatic heterocycles. The van der Waals surface area contributed by atoms with Gasteiger partial charge in [0.2, 0.25) is 0 Å². The van der Waals surface area contributed by atoms with E-state index in [4.69, 9.17) is 9.79 Å². The van der Waals surface area contributed by atoms with Crippen molar-refractivity contribution in [1.82, 2.24) is 0 Å². The molecule has 4 nitrogen and oxygen atoms in total. The van der Waals surface area contributed by atoms with E-state index in [0.29, 0.717) is 6.42 Å². The Morgan fingerprint density at radius 3 is 1.28 bits per heavy atom. The predicted octanol–water partition coefficient (Wildman–Crippen LogP) is 6.18. The molecule has 0 fully saturated rings. The van der Waals surface area contributed by atoms with Gasteiger partial charge in [0.25, 0.3) is 0 Å². The molecule has 0 aromatic heterocycles. The highest BCUT2D eigenvalue weighted by Crippen LogP contribution is 2.35. The Bertz CT molecular complexity index is 317. The van der Waals surface area contributed by atoms with E-state index in [1.807, 2.05) is 0 Å². The van der Waals surface area contributed by atoms with Crippen LogP contribution in [-0.2, 0) is 4.57 Å². The van der Waals surface area contributed by atoms with E-state index in [1.165, 1.54) is 89.9 Å². The van der Waals surface area contributed by atoms with Crippen molar-refractivity contribution in [1.29, 1.82) is 0 Å². The van der Waals surface area contributed by atoms with Crippen LogP contribution in [0.3, 0.4) is 0 Å². The monoisotopic (exact) mass is 378 g/mol. The first kappa shape index (κ1) is 25.1. The first-order chi connectivity index (χ1) is 12.0. The summed E-state index contributed by atoms with van der Waals surface area (Å²) in [7, 11) is -4.06. The van der Waals surface area contributed by atoms with Crippen molar-refractivity contribution in [3.8, 4) is 0 Å². The molecule has 0 aromatic rings. The summed E-state index contributed by atoms with van der Waals surface area (Å²) >= 11 is 0. The highest BCUT2D eigenvalue weighted by atomic mass is 31.2. The zero-order valence-electron chi connectivity index (χ0n) is 16.5. The number of hydrogen-bond acceptors (Lipinski definition) is 2. The lowest BCUT2D eigenvalue weighted by atomic mass is 10.0. The maximum absolute atomic E-state index is 10.7. The molecular formula is C20H43O4P. The highest BCUT2D eigenvalue weighted by molar-refractivity contribution is 7.51. The molecule has 0 aromatic carbocycles. The average molecular weight is 379 g/mol. The summed E-state index contributed by atoms with van der Waals surface area (Å²) in [5, 5.41) is 9.51. The van der Waals surface area contributed by atoms with E-state index in [-0.39, 0.29) is 0 Å². The van der Waals surface area contributed by atoms with Crippen LogP contribution < -0.4 is 0 Å². The zero-order chi connectivity index (χ0) is 18.8. The smallest absolute Gasteiger partial charge is 0.328 e. The van der Waals surface area contributed by atoms with Crippen molar-refractivity contribution in [2.45, 2.75) is 122 Å². The molecule has 1 unspecified atom stereocenters. The fraction of sp³-hybridized carbons (Fsp3) is 1.00. The van der Waals surface area contributed by atoms with Crippen molar-refractivity contribution in [3.05, 3.63) is 0 Å². The normalized spacial score (nSPS) is 13.3. The van der Waals surface area contributed by atoms with Gasteiger partial charge in [0.05, 0.1) is 12.3 Å². The molecule has 5 heteroatoms. The Morgan fingerprint density at radius 1 is 0.640 bits per heavy atom. The highest BCUT2D eigenvalue weighted by Gasteiger charge is 2.18. The second-order valence-electron chi connectivity index (χ2n) is 7.59. The SMILES string of the molecule is CCCCCCCCCCCCCCCCCCC(O)CP(=O)(O)O. The Morgan fingerprint density at radius 2 is 0.960 bits per heavy atom. The molecule has 0 spiro atoms. The van der Waals surface area contributed by atoms with Gasteiger partial charge < -0.3 is 14.9 Å². The van der Waals surface area contributed by atoms with Gasteiger partial charge in [0.1, 0.15) is 0 Å². The molecule has 1 atom stereocenters. The van der Waals surface area contributed by atoms with Crippen molar-refractivity contribution < 1.29 is 19.5 Å². The third-order valence-electron chi connectivity index (χ3n) is 4.84. The molecule has 3 N–H and O–H groups in total. The molecule has 0 bridgehead atoms. The van der Waals surface area contributed by atoms with Crippen LogP contribution in [0.25, 0.3) is 0 Å². The first-order valence-electron chi connectivity index (χ1n) is 10.7. The topological polar surface area (TPSA) is 77.8 Å². The van der Waals surface area contributed by atoms with Gasteiger partial charge in [-0.2, -0.15) is 0 Å². The maximum atomic E-state index is 10.7. The second kappa shape index (κ2) is 17.5.